The zero-order valence-corrected chi connectivity index (χ0v) is 12.1. The summed E-state index contributed by atoms with van der Waals surface area (Å²) in [5, 5.41) is 6.53. The van der Waals surface area contributed by atoms with Crippen LogP contribution in [0.5, 0.6) is 0 Å². The molecule has 18 heavy (non-hydrogen) atoms. The van der Waals surface area contributed by atoms with Gasteiger partial charge in [-0.2, -0.15) is 0 Å². The van der Waals surface area contributed by atoms with Crippen molar-refractivity contribution in [3.63, 3.8) is 0 Å². The van der Waals surface area contributed by atoms with Crippen LogP contribution in [0.15, 0.2) is 0 Å². The summed E-state index contributed by atoms with van der Waals surface area (Å²) in [6, 6.07) is 0. The Kier molecular flexibility index (Phi) is 3.34. The van der Waals surface area contributed by atoms with Gasteiger partial charge in [0, 0.05) is 5.54 Å². The van der Waals surface area contributed by atoms with Gasteiger partial charge < -0.3 is 15.4 Å². The summed E-state index contributed by atoms with van der Waals surface area (Å²) >= 11 is 0. The number of piperidine rings is 1. The van der Waals surface area contributed by atoms with E-state index in [1.807, 2.05) is 20.8 Å². The van der Waals surface area contributed by atoms with Gasteiger partial charge in [0.15, 0.2) is 0 Å². The number of ether oxygens (including phenoxy) is 1. The predicted molar refractivity (Wildman–Crippen MR) is 71.5 cm³/mol. The standard InChI is InChI=1S/C14H26N2O2/c1-12(2,3)18-11(17)16-14(5-6-14)13(4)7-9-15-10-8-13/h15H,5-10H2,1-4H3,(H,16,17). The van der Waals surface area contributed by atoms with Gasteiger partial charge in [0.1, 0.15) is 5.60 Å². The Balaban J connectivity index is 1.97. The van der Waals surface area contributed by atoms with Crippen molar-refractivity contribution in [2.75, 3.05) is 13.1 Å². The Labute approximate surface area is 110 Å². The van der Waals surface area contributed by atoms with E-state index in [0.717, 1.165) is 38.8 Å². The monoisotopic (exact) mass is 254 g/mol. The number of rotatable bonds is 2. The smallest absolute Gasteiger partial charge is 0.408 e. The molecule has 0 radical (unpaired) electrons. The Morgan fingerprint density at radius 2 is 1.72 bits per heavy atom. The second-order valence-electron chi connectivity index (χ2n) is 7.02. The molecular formula is C14H26N2O2. The number of alkyl carbamates (subject to hydrolysis) is 1. The van der Waals surface area contributed by atoms with Crippen molar-refractivity contribution in [1.82, 2.24) is 10.6 Å². The lowest BCUT2D eigenvalue weighted by Crippen LogP contribution is -2.53. The second kappa shape index (κ2) is 4.41. The first-order chi connectivity index (χ1) is 8.27. The third kappa shape index (κ3) is 2.79. The highest BCUT2D eigenvalue weighted by Crippen LogP contribution is 2.54. The second-order valence-corrected chi connectivity index (χ2v) is 7.02. The van der Waals surface area contributed by atoms with Crippen LogP contribution in [-0.2, 0) is 4.74 Å². The first-order valence-corrected chi connectivity index (χ1v) is 6.98. The van der Waals surface area contributed by atoms with E-state index in [9.17, 15) is 4.79 Å². The minimum Gasteiger partial charge on any atom is -0.444 e. The van der Waals surface area contributed by atoms with Gasteiger partial charge in [-0.05, 0) is 65.0 Å². The molecule has 104 valence electrons. The van der Waals surface area contributed by atoms with Crippen LogP contribution < -0.4 is 10.6 Å². The number of carbonyl (C=O) groups is 1. The molecule has 2 fully saturated rings. The van der Waals surface area contributed by atoms with Gasteiger partial charge in [0.05, 0.1) is 0 Å². The third-order valence-corrected chi connectivity index (χ3v) is 4.35. The zero-order chi connectivity index (χ0) is 13.4. The van der Waals surface area contributed by atoms with Crippen LogP contribution in [0, 0.1) is 5.41 Å². The molecule has 2 aliphatic rings. The van der Waals surface area contributed by atoms with Crippen molar-refractivity contribution >= 4 is 6.09 Å². The lowest BCUT2D eigenvalue weighted by atomic mass is 9.72. The van der Waals surface area contributed by atoms with Gasteiger partial charge in [-0.1, -0.05) is 6.92 Å². The summed E-state index contributed by atoms with van der Waals surface area (Å²) in [5.41, 5.74) is -0.220. The van der Waals surface area contributed by atoms with Crippen LogP contribution in [0.1, 0.15) is 53.4 Å². The summed E-state index contributed by atoms with van der Waals surface area (Å²) in [4.78, 5) is 12.0. The number of hydrogen-bond acceptors (Lipinski definition) is 3. The Hall–Kier alpha value is -0.770. The van der Waals surface area contributed by atoms with Crippen LogP contribution >= 0.6 is 0 Å². The van der Waals surface area contributed by atoms with Gasteiger partial charge in [0.25, 0.3) is 0 Å². The predicted octanol–water partition coefficient (Wildman–Crippen LogP) is 2.43. The van der Waals surface area contributed by atoms with Crippen LogP contribution in [0.4, 0.5) is 4.79 Å². The molecule has 0 spiro atoms. The lowest BCUT2D eigenvalue weighted by Gasteiger charge is -2.42. The highest BCUT2D eigenvalue weighted by molar-refractivity contribution is 5.69. The highest BCUT2D eigenvalue weighted by Gasteiger charge is 2.57. The number of nitrogens with one attached hydrogen (secondary N) is 2. The zero-order valence-electron chi connectivity index (χ0n) is 12.1. The molecular weight excluding hydrogens is 228 g/mol. The largest absolute Gasteiger partial charge is 0.444 e. The van der Waals surface area contributed by atoms with E-state index in [1.165, 1.54) is 0 Å². The number of hydrogen-bond donors (Lipinski definition) is 2. The summed E-state index contributed by atoms with van der Waals surface area (Å²) in [6.45, 7) is 10.1. The third-order valence-electron chi connectivity index (χ3n) is 4.35. The summed E-state index contributed by atoms with van der Waals surface area (Å²) in [6.07, 6.45) is 4.16. The minimum atomic E-state index is -0.421. The molecule has 1 aliphatic heterocycles. The molecule has 2 rings (SSSR count). The van der Waals surface area contributed by atoms with Gasteiger partial charge in [-0.3, -0.25) is 0 Å². The molecule has 4 nitrogen and oxygen atoms in total. The molecule has 0 bridgehead atoms. The fraction of sp³-hybridized carbons (Fsp3) is 0.929. The van der Waals surface area contributed by atoms with E-state index >= 15 is 0 Å². The van der Waals surface area contributed by atoms with Crippen molar-refractivity contribution in [3.8, 4) is 0 Å². The minimum absolute atomic E-state index is 0.0164. The Morgan fingerprint density at radius 3 is 2.17 bits per heavy atom. The van der Waals surface area contributed by atoms with Crippen LogP contribution in [0.25, 0.3) is 0 Å². The number of carbonyl (C=O) groups excluding carboxylic acids is 1. The van der Waals surface area contributed by atoms with E-state index in [4.69, 9.17) is 4.74 Å². The maximum absolute atomic E-state index is 12.0. The SMILES string of the molecule is CC(C)(C)OC(=O)NC1(C2(C)CCNCC2)CC1. The van der Waals surface area contributed by atoms with E-state index < -0.39 is 5.60 Å². The van der Waals surface area contributed by atoms with Crippen LogP contribution in [-0.4, -0.2) is 30.3 Å². The molecule has 1 saturated carbocycles. The van der Waals surface area contributed by atoms with E-state index in [2.05, 4.69) is 17.6 Å². The molecule has 4 heteroatoms. The fourth-order valence-corrected chi connectivity index (χ4v) is 2.96. The van der Waals surface area contributed by atoms with E-state index in [0.29, 0.717) is 0 Å². The Bertz CT molecular complexity index is 323. The van der Waals surface area contributed by atoms with Gasteiger partial charge in [0.2, 0.25) is 0 Å². The van der Waals surface area contributed by atoms with Crippen LogP contribution in [0.3, 0.4) is 0 Å². The first kappa shape index (κ1) is 13.7. The topological polar surface area (TPSA) is 50.4 Å². The van der Waals surface area contributed by atoms with E-state index in [1.54, 1.807) is 0 Å². The molecule has 1 heterocycles. The molecule has 0 aromatic heterocycles. The first-order valence-electron chi connectivity index (χ1n) is 6.98. The molecule has 1 aliphatic carbocycles. The van der Waals surface area contributed by atoms with Gasteiger partial charge >= 0.3 is 6.09 Å². The maximum atomic E-state index is 12.0. The average molecular weight is 254 g/mol. The molecule has 0 unspecified atom stereocenters. The molecule has 1 amide bonds. The summed E-state index contributed by atoms with van der Waals surface area (Å²) in [5.74, 6) is 0. The van der Waals surface area contributed by atoms with Crippen molar-refractivity contribution in [2.45, 2.75) is 64.5 Å². The van der Waals surface area contributed by atoms with Crippen molar-refractivity contribution in [2.24, 2.45) is 5.41 Å². The van der Waals surface area contributed by atoms with Crippen molar-refractivity contribution < 1.29 is 9.53 Å². The number of amides is 1. The summed E-state index contributed by atoms with van der Waals surface area (Å²) in [7, 11) is 0. The highest BCUT2D eigenvalue weighted by atomic mass is 16.6. The Morgan fingerprint density at radius 1 is 1.17 bits per heavy atom. The molecule has 0 aromatic rings. The molecule has 2 N–H and O–H groups in total. The van der Waals surface area contributed by atoms with Gasteiger partial charge in [-0.15, -0.1) is 0 Å². The molecule has 1 saturated heterocycles. The lowest BCUT2D eigenvalue weighted by molar-refractivity contribution is 0.0394. The maximum Gasteiger partial charge on any atom is 0.408 e. The average Bonchev–Trinajstić information content (AvgIpc) is 2.97. The molecule has 0 atom stereocenters. The van der Waals surface area contributed by atoms with Gasteiger partial charge in [-0.25, -0.2) is 4.79 Å². The van der Waals surface area contributed by atoms with E-state index in [-0.39, 0.29) is 17.0 Å². The normalized spacial score (nSPS) is 25.3. The van der Waals surface area contributed by atoms with Crippen molar-refractivity contribution in [3.05, 3.63) is 0 Å². The quantitative estimate of drug-likeness (QED) is 0.795. The summed E-state index contributed by atoms with van der Waals surface area (Å²) < 4.78 is 5.38. The fourth-order valence-electron chi connectivity index (χ4n) is 2.96. The van der Waals surface area contributed by atoms with Crippen molar-refractivity contribution in [1.29, 1.82) is 0 Å². The van der Waals surface area contributed by atoms with Crippen LogP contribution in [0.2, 0.25) is 0 Å². The molecule has 0 aromatic carbocycles.